The summed E-state index contributed by atoms with van der Waals surface area (Å²) >= 11 is 0. The van der Waals surface area contributed by atoms with Crippen molar-refractivity contribution in [2.24, 2.45) is 0 Å². The first-order chi connectivity index (χ1) is 15.3. The molecule has 0 fully saturated rings. The standard InChI is InChI=1S/C26H20N4O/c31-25-14-19(18-9-10-21-23(13-18)28-12-11-27-21)20-16-30(15-17-5-2-1-3-6-17)24-8-4-7-22(29-25)26(20)24/h1-13,16,19H,14-15H2,(H,29,31)/t19-/m1/s1. The van der Waals surface area contributed by atoms with Crippen LogP contribution in [0.3, 0.4) is 0 Å². The smallest absolute Gasteiger partial charge is 0.225 e. The Morgan fingerprint density at radius 2 is 1.77 bits per heavy atom. The van der Waals surface area contributed by atoms with Crippen molar-refractivity contribution in [2.75, 3.05) is 5.32 Å². The third-order valence-corrected chi connectivity index (χ3v) is 6.07. The molecule has 6 rings (SSSR count). The zero-order valence-electron chi connectivity index (χ0n) is 16.8. The molecule has 150 valence electrons. The lowest BCUT2D eigenvalue weighted by Crippen LogP contribution is -2.14. The van der Waals surface area contributed by atoms with Gasteiger partial charge in [0, 0.05) is 42.9 Å². The lowest BCUT2D eigenvalue weighted by Gasteiger charge is -2.15. The fraction of sp³-hybridized carbons (Fsp3) is 0.115. The number of nitrogens with zero attached hydrogens (tertiary/aromatic N) is 3. The largest absolute Gasteiger partial charge is 0.343 e. The molecule has 5 aromatic rings. The highest BCUT2D eigenvalue weighted by Crippen LogP contribution is 2.41. The van der Waals surface area contributed by atoms with Crippen LogP contribution in [0, 0.1) is 0 Å². The second-order valence-electron chi connectivity index (χ2n) is 8.01. The first-order valence-electron chi connectivity index (χ1n) is 10.4. The molecule has 1 amide bonds. The summed E-state index contributed by atoms with van der Waals surface area (Å²) in [4.78, 5) is 21.6. The second-order valence-corrected chi connectivity index (χ2v) is 8.01. The number of hydrogen-bond acceptors (Lipinski definition) is 3. The Bertz CT molecular complexity index is 1440. The lowest BCUT2D eigenvalue weighted by molar-refractivity contribution is -0.116. The molecular formula is C26H20N4O. The van der Waals surface area contributed by atoms with Crippen molar-refractivity contribution in [3.63, 3.8) is 0 Å². The summed E-state index contributed by atoms with van der Waals surface area (Å²) in [5, 5.41) is 4.24. The molecule has 2 aromatic heterocycles. The van der Waals surface area contributed by atoms with Crippen molar-refractivity contribution in [1.82, 2.24) is 14.5 Å². The van der Waals surface area contributed by atoms with Crippen LogP contribution in [0.5, 0.6) is 0 Å². The van der Waals surface area contributed by atoms with E-state index >= 15 is 0 Å². The monoisotopic (exact) mass is 404 g/mol. The van der Waals surface area contributed by atoms with Crippen molar-refractivity contribution in [3.8, 4) is 0 Å². The highest BCUT2D eigenvalue weighted by atomic mass is 16.1. The number of carbonyl (C=O) groups is 1. The molecule has 31 heavy (non-hydrogen) atoms. The first-order valence-corrected chi connectivity index (χ1v) is 10.4. The normalized spacial score (nSPS) is 15.7. The quantitative estimate of drug-likeness (QED) is 0.455. The Labute approximate surface area is 179 Å². The summed E-state index contributed by atoms with van der Waals surface area (Å²) in [5.74, 6) is -0.0165. The van der Waals surface area contributed by atoms with Gasteiger partial charge in [-0.25, -0.2) is 0 Å². The molecule has 3 aromatic carbocycles. The van der Waals surface area contributed by atoms with Gasteiger partial charge in [0.1, 0.15) is 0 Å². The SMILES string of the molecule is O=C1C[C@H](c2ccc3nccnc3c2)c2cn(Cc3ccccc3)c3cccc(c23)N1. The molecule has 5 heteroatoms. The number of rotatable bonds is 3. The van der Waals surface area contributed by atoms with Crippen LogP contribution in [0.25, 0.3) is 21.9 Å². The minimum absolute atomic E-state index is 0.0301. The van der Waals surface area contributed by atoms with Crippen molar-refractivity contribution in [1.29, 1.82) is 0 Å². The number of anilines is 1. The predicted octanol–water partition coefficient (Wildman–Crippen LogP) is 5.11. The summed E-state index contributed by atoms with van der Waals surface area (Å²) in [7, 11) is 0. The van der Waals surface area contributed by atoms with E-state index in [4.69, 9.17) is 0 Å². The van der Waals surface area contributed by atoms with E-state index in [0.717, 1.165) is 39.7 Å². The molecule has 0 saturated heterocycles. The Hall–Kier alpha value is -3.99. The van der Waals surface area contributed by atoms with E-state index in [2.05, 4.69) is 68.5 Å². The van der Waals surface area contributed by atoms with Crippen LogP contribution in [0.2, 0.25) is 0 Å². The molecule has 0 spiro atoms. The number of hydrogen-bond donors (Lipinski definition) is 1. The molecule has 3 heterocycles. The topological polar surface area (TPSA) is 59.8 Å². The number of carbonyl (C=O) groups excluding carboxylic acids is 1. The summed E-state index contributed by atoms with van der Waals surface area (Å²) in [6.45, 7) is 0.782. The van der Waals surface area contributed by atoms with Crippen molar-refractivity contribution in [3.05, 3.63) is 102 Å². The van der Waals surface area contributed by atoms with Crippen LogP contribution in [-0.4, -0.2) is 20.4 Å². The molecule has 0 saturated carbocycles. The van der Waals surface area contributed by atoms with E-state index < -0.39 is 0 Å². The third kappa shape index (κ3) is 3.06. The molecule has 0 unspecified atom stereocenters. The van der Waals surface area contributed by atoms with E-state index in [1.165, 1.54) is 11.1 Å². The zero-order chi connectivity index (χ0) is 20.8. The molecule has 0 aliphatic carbocycles. The lowest BCUT2D eigenvalue weighted by atomic mass is 9.88. The molecule has 1 aliphatic heterocycles. The number of nitrogens with one attached hydrogen (secondary N) is 1. The van der Waals surface area contributed by atoms with E-state index in [9.17, 15) is 4.79 Å². The van der Waals surface area contributed by atoms with Gasteiger partial charge in [0.15, 0.2) is 0 Å². The van der Waals surface area contributed by atoms with Crippen LogP contribution in [0.4, 0.5) is 5.69 Å². The van der Waals surface area contributed by atoms with Gasteiger partial charge >= 0.3 is 0 Å². The molecule has 1 atom stereocenters. The van der Waals surface area contributed by atoms with Gasteiger partial charge in [0.2, 0.25) is 5.91 Å². The molecule has 0 bridgehead atoms. The van der Waals surface area contributed by atoms with Gasteiger partial charge < -0.3 is 9.88 Å². The first kappa shape index (κ1) is 17.8. The average Bonchev–Trinajstić information content (AvgIpc) is 3.09. The predicted molar refractivity (Wildman–Crippen MR) is 122 cm³/mol. The highest BCUT2D eigenvalue weighted by Gasteiger charge is 2.28. The molecule has 5 nitrogen and oxygen atoms in total. The Kier molecular flexibility index (Phi) is 4.06. The minimum Gasteiger partial charge on any atom is -0.343 e. The van der Waals surface area contributed by atoms with Gasteiger partial charge in [0.05, 0.1) is 22.2 Å². The third-order valence-electron chi connectivity index (χ3n) is 6.07. The van der Waals surface area contributed by atoms with Gasteiger partial charge in [-0.1, -0.05) is 42.5 Å². The number of benzene rings is 3. The molecule has 0 radical (unpaired) electrons. The number of fused-ring (bicyclic) bond motifs is 1. The minimum atomic E-state index is -0.0467. The number of aromatic nitrogens is 3. The maximum atomic E-state index is 12.8. The van der Waals surface area contributed by atoms with E-state index in [1.807, 2.05) is 24.3 Å². The van der Waals surface area contributed by atoms with Crippen molar-refractivity contribution in [2.45, 2.75) is 18.9 Å². The van der Waals surface area contributed by atoms with E-state index in [-0.39, 0.29) is 11.8 Å². The number of amides is 1. The van der Waals surface area contributed by atoms with Crippen LogP contribution in [0.1, 0.15) is 29.0 Å². The maximum Gasteiger partial charge on any atom is 0.225 e. The van der Waals surface area contributed by atoms with Crippen LogP contribution >= 0.6 is 0 Å². The summed E-state index contributed by atoms with van der Waals surface area (Å²) in [5.41, 5.74) is 7.21. The van der Waals surface area contributed by atoms with Gasteiger partial charge in [0.25, 0.3) is 0 Å². The molecule has 1 aliphatic rings. The van der Waals surface area contributed by atoms with Gasteiger partial charge in [-0.3, -0.25) is 14.8 Å². The fourth-order valence-corrected chi connectivity index (χ4v) is 4.66. The van der Waals surface area contributed by atoms with Gasteiger partial charge in [-0.05, 0) is 41.0 Å². The van der Waals surface area contributed by atoms with Crippen molar-refractivity contribution < 1.29 is 4.79 Å². The Morgan fingerprint density at radius 1 is 0.935 bits per heavy atom. The van der Waals surface area contributed by atoms with Crippen LogP contribution in [-0.2, 0) is 11.3 Å². The second kappa shape index (κ2) is 7.06. The summed E-state index contributed by atoms with van der Waals surface area (Å²) in [6, 6.07) is 22.7. The summed E-state index contributed by atoms with van der Waals surface area (Å²) in [6.07, 6.45) is 6.01. The Balaban J connectivity index is 1.54. The van der Waals surface area contributed by atoms with E-state index in [0.29, 0.717) is 6.42 Å². The van der Waals surface area contributed by atoms with Crippen molar-refractivity contribution >= 4 is 33.5 Å². The molecular weight excluding hydrogens is 384 g/mol. The van der Waals surface area contributed by atoms with Crippen LogP contribution in [0.15, 0.2) is 85.3 Å². The zero-order valence-corrected chi connectivity index (χ0v) is 16.8. The van der Waals surface area contributed by atoms with Gasteiger partial charge in [-0.2, -0.15) is 0 Å². The van der Waals surface area contributed by atoms with Gasteiger partial charge in [-0.15, -0.1) is 0 Å². The average molecular weight is 404 g/mol. The highest BCUT2D eigenvalue weighted by molar-refractivity contribution is 6.06. The Morgan fingerprint density at radius 3 is 2.65 bits per heavy atom. The molecule has 1 N–H and O–H groups in total. The maximum absolute atomic E-state index is 12.8. The fourth-order valence-electron chi connectivity index (χ4n) is 4.66. The summed E-state index contributed by atoms with van der Waals surface area (Å²) < 4.78 is 2.29. The van der Waals surface area contributed by atoms with Crippen LogP contribution < -0.4 is 5.32 Å². The van der Waals surface area contributed by atoms with E-state index in [1.54, 1.807) is 12.4 Å².